The quantitative estimate of drug-likeness (QED) is 0.0734. The molecule has 0 spiro atoms. The lowest BCUT2D eigenvalue weighted by molar-refractivity contribution is 0.0511. The van der Waals surface area contributed by atoms with Gasteiger partial charge in [0.05, 0.1) is 22.5 Å². The van der Waals surface area contributed by atoms with Gasteiger partial charge in [0.2, 0.25) is 0 Å². The maximum atomic E-state index is 17.5. The first kappa shape index (κ1) is 40.5. The molecule has 302 valence electrons. The van der Waals surface area contributed by atoms with Crippen LogP contribution in [0.4, 0.5) is 23.4 Å². The number of alkyl halides is 2. The van der Waals surface area contributed by atoms with Gasteiger partial charge in [-0.15, -0.1) is 5.54 Å². The number of allylic oxidation sites excluding steroid dienone is 2. The van der Waals surface area contributed by atoms with Gasteiger partial charge < -0.3 is 19.1 Å². The largest absolute Gasteiger partial charge is 0.468 e. The molecule has 2 aliphatic carbocycles. The maximum Gasteiger partial charge on any atom is 0.319 e. The second kappa shape index (κ2) is 15.9. The van der Waals surface area contributed by atoms with Crippen LogP contribution in [0, 0.1) is 17.3 Å². The van der Waals surface area contributed by atoms with Crippen LogP contribution in [0.3, 0.4) is 0 Å². The first-order valence-corrected chi connectivity index (χ1v) is 22.5. The van der Waals surface area contributed by atoms with Gasteiger partial charge >= 0.3 is 6.01 Å². The molecule has 7 rings (SSSR count). The van der Waals surface area contributed by atoms with Crippen molar-refractivity contribution in [3.63, 3.8) is 0 Å². The summed E-state index contributed by atoms with van der Waals surface area (Å²) in [4.78, 5) is 18.0. The molecule has 1 aromatic carbocycles. The number of aromatic nitrogens is 3. The van der Waals surface area contributed by atoms with E-state index in [2.05, 4.69) is 67.9 Å². The highest BCUT2D eigenvalue weighted by Crippen LogP contribution is 2.46. The van der Waals surface area contributed by atoms with Crippen molar-refractivity contribution in [1.29, 1.82) is 0 Å². The molecule has 0 bridgehead atoms. The van der Waals surface area contributed by atoms with Crippen molar-refractivity contribution in [2.45, 2.75) is 128 Å². The van der Waals surface area contributed by atoms with Crippen molar-refractivity contribution in [3.05, 3.63) is 41.1 Å². The number of hydrogen-bond acceptors (Lipinski definition) is 8. The Morgan fingerprint density at radius 2 is 1.77 bits per heavy atom. The van der Waals surface area contributed by atoms with Crippen LogP contribution in [0.25, 0.3) is 27.7 Å². The lowest BCUT2D eigenvalue weighted by Crippen LogP contribution is -2.43. The summed E-state index contributed by atoms with van der Waals surface area (Å²) in [5.74, 6) is 2.99. The molecule has 0 amide bonds. The van der Waals surface area contributed by atoms with E-state index in [1.54, 1.807) is 11.0 Å². The van der Waals surface area contributed by atoms with Gasteiger partial charge in [0, 0.05) is 56.8 Å². The van der Waals surface area contributed by atoms with E-state index in [0.29, 0.717) is 77.1 Å². The number of ether oxygens (including phenoxy) is 3. The molecule has 3 fully saturated rings. The number of aryl methyl sites for hydroxylation is 1. The molecule has 2 saturated heterocycles. The number of hydrogen-bond donors (Lipinski definition) is 0. The van der Waals surface area contributed by atoms with E-state index in [1.165, 1.54) is 13.3 Å². The zero-order valence-electron chi connectivity index (χ0n) is 33.9. The normalized spacial score (nSPS) is 23.5. The molecule has 2 aliphatic heterocycles. The Labute approximate surface area is 329 Å². The number of methoxy groups -OCH3 is 1. The van der Waals surface area contributed by atoms with Crippen LogP contribution in [0.5, 0.6) is 11.8 Å². The standard InChI is InChI=1S/C43H55F4N5O3Si/c1-9-52(36-19-35(36)46)41-33-21-48-39(38(47)40(33)49-42(50-41)54-23-43-14-10-15-51(43)22-29(44)20-43)32-18-30(55-24-53-8)17-28-11-12-34(45)31(37(28)32)13-16-56(25(2)3,26(4)5)27(6)7/h17-18,21,25-27,29,35-36H,9-12,14-15,19-20,22-24H2,1-8H3/t29-,35-,36-,43+/m1/s1. The molecule has 56 heavy (non-hydrogen) atoms. The highest BCUT2D eigenvalue weighted by molar-refractivity contribution is 6.90. The highest BCUT2D eigenvalue weighted by Gasteiger charge is 2.50. The van der Waals surface area contributed by atoms with Gasteiger partial charge in [0.1, 0.15) is 55.6 Å². The third kappa shape index (κ3) is 7.19. The van der Waals surface area contributed by atoms with E-state index < -0.39 is 37.8 Å². The minimum absolute atomic E-state index is 0.0447. The van der Waals surface area contributed by atoms with Crippen LogP contribution < -0.4 is 14.4 Å². The van der Waals surface area contributed by atoms with Gasteiger partial charge in [-0.2, -0.15) is 9.97 Å². The van der Waals surface area contributed by atoms with E-state index in [0.717, 1.165) is 24.9 Å². The first-order valence-electron chi connectivity index (χ1n) is 20.2. The Hall–Kier alpha value is -3.73. The fourth-order valence-electron chi connectivity index (χ4n) is 9.96. The zero-order chi connectivity index (χ0) is 40.1. The average molecular weight is 794 g/mol. The fourth-order valence-corrected chi connectivity index (χ4v) is 15.2. The van der Waals surface area contributed by atoms with Crippen LogP contribution >= 0.6 is 0 Å². The van der Waals surface area contributed by atoms with Crippen LogP contribution in [-0.2, 0) is 11.2 Å². The molecule has 8 nitrogen and oxygen atoms in total. The third-order valence-corrected chi connectivity index (χ3v) is 19.1. The predicted molar refractivity (Wildman–Crippen MR) is 215 cm³/mol. The Morgan fingerprint density at radius 3 is 2.43 bits per heavy atom. The number of nitrogens with zero attached hydrogens (tertiary/aromatic N) is 5. The van der Waals surface area contributed by atoms with E-state index in [1.807, 2.05) is 13.0 Å². The van der Waals surface area contributed by atoms with Gasteiger partial charge in [-0.05, 0) is 67.1 Å². The molecular formula is C43H55F4N5O3Si. The summed E-state index contributed by atoms with van der Waals surface area (Å²) in [6.45, 7) is 16.8. The first-order chi connectivity index (χ1) is 26.7. The minimum atomic E-state index is -2.28. The molecule has 4 atom stereocenters. The monoisotopic (exact) mass is 793 g/mol. The van der Waals surface area contributed by atoms with Gasteiger partial charge in [-0.25, -0.2) is 17.6 Å². The summed E-state index contributed by atoms with van der Waals surface area (Å²) in [7, 11) is -0.767. The summed E-state index contributed by atoms with van der Waals surface area (Å²) in [5, 5.41) is 0.300. The Morgan fingerprint density at radius 1 is 1.04 bits per heavy atom. The van der Waals surface area contributed by atoms with Crippen molar-refractivity contribution >= 4 is 30.4 Å². The summed E-state index contributed by atoms with van der Waals surface area (Å²) in [5.41, 5.74) is 5.86. The Bertz CT molecular complexity index is 2050. The van der Waals surface area contributed by atoms with Crippen molar-refractivity contribution in [3.8, 4) is 34.5 Å². The van der Waals surface area contributed by atoms with Crippen LogP contribution in [0.2, 0.25) is 16.6 Å². The van der Waals surface area contributed by atoms with E-state index in [-0.39, 0.29) is 48.4 Å². The van der Waals surface area contributed by atoms with Crippen LogP contribution in [0.1, 0.15) is 91.7 Å². The molecule has 4 aliphatic rings. The van der Waals surface area contributed by atoms with E-state index in [9.17, 15) is 8.78 Å². The topological polar surface area (TPSA) is 72.8 Å². The summed E-state index contributed by atoms with van der Waals surface area (Å²) in [6.07, 6.45) is 2.41. The molecule has 0 radical (unpaired) electrons. The summed E-state index contributed by atoms with van der Waals surface area (Å²) >= 11 is 0. The minimum Gasteiger partial charge on any atom is -0.468 e. The van der Waals surface area contributed by atoms with E-state index in [4.69, 9.17) is 19.2 Å². The Balaban J connectivity index is 1.40. The number of halogens is 4. The van der Waals surface area contributed by atoms with Gasteiger partial charge in [-0.3, -0.25) is 9.88 Å². The molecule has 1 saturated carbocycles. The average Bonchev–Trinajstić information content (AvgIpc) is 3.61. The van der Waals surface area contributed by atoms with Crippen molar-refractivity contribution in [1.82, 2.24) is 19.9 Å². The number of fused-ring (bicyclic) bond motifs is 3. The Kier molecular flexibility index (Phi) is 11.5. The molecule has 13 heteroatoms. The number of benzene rings is 1. The zero-order valence-corrected chi connectivity index (χ0v) is 34.9. The second-order valence-corrected chi connectivity index (χ2v) is 22.5. The van der Waals surface area contributed by atoms with Gasteiger partial charge in [-0.1, -0.05) is 47.5 Å². The molecule has 0 unspecified atom stereocenters. The van der Waals surface area contributed by atoms with Crippen LogP contribution in [-0.4, -0.2) is 92.0 Å². The third-order valence-electron chi connectivity index (χ3n) is 12.8. The molecule has 2 aromatic heterocycles. The molecule has 3 aromatic rings. The predicted octanol–water partition coefficient (Wildman–Crippen LogP) is 9.55. The number of rotatable bonds is 13. The van der Waals surface area contributed by atoms with Crippen molar-refractivity contribution in [2.24, 2.45) is 0 Å². The summed E-state index contributed by atoms with van der Waals surface area (Å²) < 4.78 is 80.4. The van der Waals surface area contributed by atoms with Crippen molar-refractivity contribution < 1.29 is 31.8 Å². The molecule has 4 heterocycles. The van der Waals surface area contributed by atoms with Gasteiger partial charge in [0.15, 0.2) is 12.6 Å². The maximum absolute atomic E-state index is 17.5. The number of anilines is 1. The van der Waals surface area contributed by atoms with Gasteiger partial charge in [0.25, 0.3) is 0 Å². The molecular weight excluding hydrogens is 739 g/mol. The lowest BCUT2D eigenvalue weighted by atomic mass is 9.85. The second-order valence-electron chi connectivity index (χ2n) is 17.0. The van der Waals surface area contributed by atoms with E-state index >= 15 is 8.78 Å². The summed E-state index contributed by atoms with van der Waals surface area (Å²) in [6, 6.07) is 3.00. The van der Waals surface area contributed by atoms with Crippen LogP contribution in [0.15, 0.2) is 24.2 Å². The highest BCUT2D eigenvalue weighted by atomic mass is 28.3. The lowest BCUT2D eigenvalue weighted by Gasteiger charge is -2.38. The smallest absolute Gasteiger partial charge is 0.319 e. The van der Waals surface area contributed by atoms with Crippen molar-refractivity contribution in [2.75, 3.05) is 45.0 Å². The molecule has 0 N–H and O–H groups in total. The fraction of sp³-hybridized carbons (Fsp3) is 0.605. The SMILES string of the molecule is CCN(c1nc(OC[C@@]23CCCN2C[C@H](F)C3)nc2c(F)c(-c3cc(OCOC)cc4c3C(C#C[Si](C(C)C)(C(C)C)C(C)C)=C(F)CC4)ncc12)[C@@H]1C[C@H]1F. The number of pyridine rings is 1.